The van der Waals surface area contributed by atoms with Crippen molar-refractivity contribution < 1.29 is 4.79 Å². The minimum absolute atomic E-state index is 0.144. The van der Waals surface area contributed by atoms with Crippen molar-refractivity contribution in [2.75, 3.05) is 5.75 Å². The number of hydrogen-bond donors (Lipinski definition) is 1. The molecule has 1 amide bonds. The number of aryl methyl sites for hydroxylation is 1. The Balaban J connectivity index is 1.52. The van der Waals surface area contributed by atoms with Gasteiger partial charge in [-0.2, -0.15) is 5.10 Å². The third kappa shape index (κ3) is 3.55. The summed E-state index contributed by atoms with van der Waals surface area (Å²) >= 11 is 3.01. The van der Waals surface area contributed by atoms with Crippen molar-refractivity contribution in [3.8, 4) is 0 Å². The van der Waals surface area contributed by atoms with Gasteiger partial charge in [-0.15, -0.1) is 11.3 Å². The first-order valence-corrected chi connectivity index (χ1v) is 8.44. The normalized spacial score (nSPS) is 11.3. The second-order valence-electron chi connectivity index (χ2n) is 4.57. The molecule has 0 fully saturated rings. The van der Waals surface area contributed by atoms with Gasteiger partial charge in [0.1, 0.15) is 0 Å². The molecule has 112 valence electrons. The molecule has 0 radical (unpaired) electrons. The highest BCUT2D eigenvalue weighted by Crippen LogP contribution is 2.28. The van der Waals surface area contributed by atoms with E-state index in [0.29, 0.717) is 5.75 Å². The van der Waals surface area contributed by atoms with Crippen molar-refractivity contribution in [2.24, 2.45) is 12.1 Å². The van der Waals surface area contributed by atoms with Gasteiger partial charge in [0, 0.05) is 13.2 Å². The van der Waals surface area contributed by atoms with E-state index < -0.39 is 0 Å². The molecule has 0 aliphatic heterocycles. The van der Waals surface area contributed by atoms with Crippen molar-refractivity contribution in [1.29, 1.82) is 0 Å². The molecule has 0 aliphatic rings. The summed E-state index contributed by atoms with van der Waals surface area (Å²) in [5.41, 5.74) is 4.42. The Morgan fingerprint density at radius 3 is 3.05 bits per heavy atom. The number of rotatable bonds is 5. The lowest BCUT2D eigenvalue weighted by molar-refractivity contribution is -0.118. The van der Waals surface area contributed by atoms with Gasteiger partial charge in [-0.25, -0.2) is 10.4 Å². The van der Waals surface area contributed by atoms with Gasteiger partial charge in [-0.1, -0.05) is 23.9 Å². The summed E-state index contributed by atoms with van der Waals surface area (Å²) in [5.74, 6) is 0.152. The van der Waals surface area contributed by atoms with Crippen LogP contribution in [0.3, 0.4) is 0 Å². The molecule has 0 saturated carbocycles. The number of nitrogens with one attached hydrogen (secondary N) is 1. The molecule has 0 spiro atoms. The number of thioether (sulfide) groups is 1. The van der Waals surface area contributed by atoms with E-state index in [1.807, 2.05) is 54.2 Å². The minimum Gasteiger partial charge on any atom is -0.350 e. The summed E-state index contributed by atoms with van der Waals surface area (Å²) in [5, 5.41) is 3.95. The average Bonchev–Trinajstić information content (AvgIpc) is 3.11. The number of carbonyl (C=O) groups is 1. The highest BCUT2D eigenvalue weighted by Gasteiger charge is 2.06. The van der Waals surface area contributed by atoms with Gasteiger partial charge in [0.15, 0.2) is 4.34 Å². The van der Waals surface area contributed by atoms with E-state index in [0.717, 1.165) is 20.3 Å². The lowest BCUT2D eigenvalue weighted by atomic mass is 10.3. The Hall–Kier alpha value is -2.12. The van der Waals surface area contributed by atoms with E-state index in [1.54, 1.807) is 17.6 Å². The van der Waals surface area contributed by atoms with Crippen LogP contribution in [-0.2, 0) is 11.8 Å². The largest absolute Gasteiger partial charge is 0.350 e. The van der Waals surface area contributed by atoms with Crippen LogP contribution in [0.4, 0.5) is 0 Å². The SMILES string of the molecule is Cn1cccc1C=NNC(=O)CSc1nc2ccccc2s1. The standard InChI is InChI=1S/C15H14N4OS2/c1-19-8-4-5-11(19)9-16-18-14(20)10-21-15-17-12-6-2-3-7-13(12)22-15/h2-9H,10H2,1H3,(H,18,20). The van der Waals surface area contributed by atoms with E-state index >= 15 is 0 Å². The van der Waals surface area contributed by atoms with Gasteiger partial charge in [0.05, 0.1) is 27.9 Å². The van der Waals surface area contributed by atoms with Crippen LogP contribution < -0.4 is 5.43 Å². The third-order valence-corrected chi connectivity index (χ3v) is 5.15. The first-order valence-electron chi connectivity index (χ1n) is 6.64. The molecule has 2 heterocycles. The molecule has 5 nitrogen and oxygen atoms in total. The predicted molar refractivity (Wildman–Crippen MR) is 91.5 cm³/mol. The van der Waals surface area contributed by atoms with E-state index in [4.69, 9.17) is 0 Å². The molecule has 0 unspecified atom stereocenters. The number of amides is 1. The summed E-state index contributed by atoms with van der Waals surface area (Å²) in [7, 11) is 1.92. The molecular weight excluding hydrogens is 316 g/mol. The highest BCUT2D eigenvalue weighted by atomic mass is 32.2. The molecular formula is C15H14N4OS2. The van der Waals surface area contributed by atoms with E-state index in [-0.39, 0.29) is 5.91 Å². The zero-order valence-corrected chi connectivity index (χ0v) is 13.5. The maximum Gasteiger partial charge on any atom is 0.250 e. The Morgan fingerprint density at radius 1 is 1.41 bits per heavy atom. The number of nitrogens with zero attached hydrogens (tertiary/aromatic N) is 3. The number of benzene rings is 1. The van der Waals surface area contributed by atoms with Crippen molar-refractivity contribution >= 4 is 45.4 Å². The number of fused-ring (bicyclic) bond motifs is 1. The van der Waals surface area contributed by atoms with Crippen molar-refractivity contribution in [3.63, 3.8) is 0 Å². The van der Waals surface area contributed by atoms with E-state index in [9.17, 15) is 4.79 Å². The summed E-state index contributed by atoms with van der Waals surface area (Å²) in [6.07, 6.45) is 3.55. The second kappa shape index (κ2) is 6.76. The van der Waals surface area contributed by atoms with Crippen LogP contribution in [-0.4, -0.2) is 27.4 Å². The molecule has 2 aromatic heterocycles. The molecule has 1 aromatic carbocycles. The summed E-state index contributed by atoms with van der Waals surface area (Å²) in [6, 6.07) is 11.8. The number of thiazole rings is 1. The molecule has 22 heavy (non-hydrogen) atoms. The first kappa shape index (κ1) is 14.8. The smallest absolute Gasteiger partial charge is 0.250 e. The average molecular weight is 330 g/mol. The van der Waals surface area contributed by atoms with Gasteiger partial charge in [-0.05, 0) is 24.3 Å². The number of para-hydroxylation sites is 1. The molecule has 0 bridgehead atoms. The zero-order valence-electron chi connectivity index (χ0n) is 11.9. The maximum atomic E-state index is 11.8. The topological polar surface area (TPSA) is 59.3 Å². The van der Waals surface area contributed by atoms with Crippen molar-refractivity contribution in [3.05, 3.63) is 48.3 Å². The third-order valence-electron chi connectivity index (χ3n) is 2.97. The fourth-order valence-corrected chi connectivity index (χ4v) is 3.71. The summed E-state index contributed by atoms with van der Waals surface area (Å²) < 4.78 is 3.95. The summed E-state index contributed by atoms with van der Waals surface area (Å²) in [6.45, 7) is 0. The highest BCUT2D eigenvalue weighted by molar-refractivity contribution is 8.01. The van der Waals surface area contributed by atoms with Crippen LogP contribution in [0.1, 0.15) is 5.69 Å². The predicted octanol–water partition coefficient (Wildman–Crippen LogP) is 2.88. The fraction of sp³-hybridized carbons (Fsp3) is 0.133. The fourth-order valence-electron chi connectivity index (χ4n) is 1.85. The lowest BCUT2D eigenvalue weighted by Gasteiger charge is -1.98. The van der Waals surface area contributed by atoms with Crippen molar-refractivity contribution in [1.82, 2.24) is 15.0 Å². The van der Waals surface area contributed by atoms with Crippen LogP contribution in [0.2, 0.25) is 0 Å². The van der Waals surface area contributed by atoms with Gasteiger partial charge in [0.2, 0.25) is 0 Å². The molecule has 0 aliphatic carbocycles. The molecule has 3 aromatic rings. The van der Waals surface area contributed by atoms with Crippen LogP contribution in [0, 0.1) is 0 Å². The summed E-state index contributed by atoms with van der Waals surface area (Å²) in [4.78, 5) is 16.2. The molecule has 1 N–H and O–H groups in total. The van der Waals surface area contributed by atoms with Crippen molar-refractivity contribution in [2.45, 2.75) is 4.34 Å². The van der Waals surface area contributed by atoms with Crippen LogP contribution in [0.5, 0.6) is 0 Å². The maximum absolute atomic E-state index is 11.8. The number of carbonyl (C=O) groups excluding carboxylic acids is 1. The van der Waals surface area contributed by atoms with E-state index in [2.05, 4.69) is 15.5 Å². The Morgan fingerprint density at radius 2 is 2.27 bits per heavy atom. The number of hydrogen-bond acceptors (Lipinski definition) is 5. The number of aromatic nitrogens is 2. The minimum atomic E-state index is -0.144. The Labute approximate surface area is 136 Å². The lowest BCUT2D eigenvalue weighted by Crippen LogP contribution is -2.19. The van der Waals surface area contributed by atoms with Crippen LogP contribution >= 0.6 is 23.1 Å². The van der Waals surface area contributed by atoms with Gasteiger partial charge in [-0.3, -0.25) is 4.79 Å². The van der Waals surface area contributed by atoms with Gasteiger partial charge in [0.25, 0.3) is 5.91 Å². The number of hydrazone groups is 1. The second-order valence-corrected chi connectivity index (χ2v) is 6.83. The van der Waals surface area contributed by atoms with E-state index in [1.165, 1.54) is 11.8 Å². The van der Waals surface area contributed by atoms with Crippen LogP contribution in [0.25, 0.3) is 10.2 Å². The molecule has 0 atom stereocenters. The molecule has 3 rings (SSSR count). The quantitative estimate of drug-likeness (QED) is 0.444. The van der Waals surface area contributed by atoms with Gasteiger partial charge >= 0.3 is 0 Å². The Kier molecular flexibility index (Phi) is 4.55. The van der Waals surface area contributed by atoms with Crippen LogP contribution in [0.15, 0.2) is 52.0 Å². The Bertz CT molecular complexity index is 789. The molecule has 0 saturated heterocycles. The van der Waals surface area contributed by atoms with Gasteiger partial charge < -0.3 is 4.57 Å². The molecule has 7 heteroatoms. The first-order chi connectivity index (χ1) is 10.7. The zero-order chi connectivity index (χ0) is 15.4. The monoisotopic (exact) mass is 330 g/mol.